The Kier molecular flexibility index (Phi) is 2.77. The monoisotopic (exact) mass is 206 g/mol. The average Bonchev–Trinajstić information content (AvgIpc) is 2.79. The van der Waals surface area contributed by atoms with Gasteiger partial charge in [0.2, 0.25) is 6.39 Å². The Morgan fingerprint density at radius 1 is 1.47 bits per heavy atom. The number of methoxy groups -OCH3 is 1. The molecule has 0 fully saturated rings. The van der Waals surface area contributed by atoms with E-state index in [1.165, 1.54) is 6.39 Å². The Morgan fingerprint density at radius 2 is 2.40 bits per heavy atom. The molecule has 1 N–H and O–H groups in total. The van der Waals surface area contributed by atoms with Crippen LogP contribution in [0.25, 0.3) is 0 Å². The summed E-state index contributed by atoms with van der Waals surface area (Å²) in [5.41, 5.74) is 0. The van der Waals surface area contributed by atoms with E-state index in [1.807, 2.05) is 6.07 Å². The van der Waals surface area contributed by atoms with Gasteiger partial charge in [0.05, 0.1) is 13.7 Å². The maximum absolute atomic E-state index is 5.13. The van der Waals surface area contributed by atoms with Crippen LogP contribution in [0.2, 0.25) is 0 Å². The van der Waals surface area contributed by atoms with Crippen LogP contribution in [0.1, 0.15) is 5.82 Å². The molecule has 0 atom stereocenters. The molecule has 0 saturated heterocycles. The summed E-state index contributed by atoms with van der Waals surface area (Å²) in [5.74, 6) is 1.91. The van der Waals surface area contributed by atoms with E-state index in [0.717, 1.165) is 0 Å². The predicted molar refractivity (Wildman–Crippen MR) is 52.4 cm³/mol. The first-order chi connectivity index (χ1) is 7.40. The van der Waals surface area contributed by atoms with Gasteiger partial charge in [-0.1, -0.05) is 5.16 Å². The number of hydrogen-bond acceptors (Lipinski definition) is 6. The minimum Gasteiger partial charge on any atom is -0.493 e. The fourth-order valence-corrected chi connectivity index (χ4v) is 1.12. The Balaban J connectivity index is 2.04. The molecule has 0 aromatic carbocycles. The van der Waals surface area contributed by atoms with E-state index in [2.05, 4.69) is 25.0 Å². The molecule has 6 heteroatoms. The van der Waals surface area contributed by atoms with Crippen molar-refractivity contribution in [1.29, 1.82) is 0 Å². The molecular weight excluding hydrogens is 196 g/mol. The summed E-state index contributed by atoms with van der Waals surface area (Å²) in [5, 5.41) is 6.72. The van der Waals surface area contributed by atoms with Crippen LogP contribution in [-0.2, 0) is 6.54 Å². The standard InChI is InChI=1S/C9H10N4O2/c1-14-7-3-2-4-10-9(7)11-5-8-12-6-15-13-8/h2-4,6H,5H2,1H3,(H,10,11). The Bertz CT molecular complexity index is 416. The van der Waals surface area contributed by atoms with E-state index in [4.69, 9.17) is 4.74 Å². The largest absolute Gasteiger partial charge is 0.493 e. The van der Waals surface area contributed by atoms with Crippen molar-refractivity contribution in [3.8, 4) is 5.75 Å². The fraction of sp³-hybridized carbons (Fsp3) is 0.222. The molecule has 0 spiro atoms. The molecule has 15 heavy (non-hydrogen) atoms. The molecule has 0 aliphatic rings. The van der Waals surface area contributed by atoms with Gasteiger partial charge in [-0.25, -0.2) is 4.98 Å². The van der Waals surface area contributed by atoms with Crippen molar-refractivity contribution in [2.24, 2.45) is 0 Å². The lowest BCUT2D eigenvalue weighted by atomic mass is 10.4. The predicted octanol–water partition coefficient (Wildman–Crippen LogP) is 1.09. The molecule has 2 aromatic heterocycles. The number of ether oxygens (including phenoxy) is 1. The van der Waals surface area contributed by atoms with Gasteiger partial charge in [-0.15, -0.1) is 0 Å². The van der Waals surface area contributed by atoms with E-state index >= 15 is 0 Å². The van der Waals surface area contributed by atoms with Gasteiger partial charge in [-0.05, 0) is 12.1 Å². The van der Waals surface area contributed by atoms with Gasteiger partial charge >= 0.3 is 0 Å². The van der Waals surface area contributed by atoms with Gasteiger partial charge in [0, 0.05) is 6.20 Å². The van der Waals surface area contributed by atoms with E-state index in [0.29, 0.717) is 23.9 Å². The van der Waals surface area contributed by atoms with Gasteiger partial charge in [0.1, 0.15) is 0 Å². The van der Waals surface area contributed by atoms with E-state index < -0.39 is 0 Å². The minimum atomic E-state index is 0.448. The lowest BCUT2D eigenvalue weighted by Gasteiger charge is -2.07. The molecule has 0 bridgehead atoms. The molecule has 78 valence electrons. The molecule has 0 aliphatic heterocycles. The highest BCUT2D eigenvalue weighted by Gasteiger charge is 2.04. The number of anilines is 1. The van der Waals surface area contributed by atoms with Gasteiger partial charge < -0.3 is 14.6 Å². The highest BCUT2D eigenvalue weighted by Crippen LogP contribution is 2.19. The third-order valence-corrected chi connectivity index (χ3v) is 1.81. The maximum atomic E-state index is 5.13. The maximum Gasteiger partial charge on any atom is 0.213 e. The molecule has 6 nitrogen and oxygen atoms in total. The zero-order chi connectivity index (χ0) is 10.5. The topological polar surface area (TPSA) is 73.1 Å². The van der Waals surface area contributed by atoms with Crippen molar-refractivity contribution in [2.45, 2.75) is 6.54 Å². The van der Waals surface area contributed by atoms with Crippen LogP contribution in [0, 0.1) is 0 Å². The molecule has 0 amide bonds. The van der Waals surface area contributed by atoms with E-state index in [-0.39, 0.29) is 0 Å². The second kappa shape index (κ2) is 4.41. The molecular formula is C9H10N4O2. The van der Waals surface area contributed by atoms with Crippen molar-refractivity contribution in [1.82, 2.24) is 15.1 Å². The zero-order valence-corrected chi connectivity index (χ0v) is 8.17. The highest BCUT2D eigenvalue weighted by molar-refractivity contribution is 5.49. The first-order valence-electron chi connectivity index (χ1n) is 4.38. The van der Waals surface area contributed by atoms with Crippen LogP contribution in [0.15, 0.2) is 29.2 Å². The summed E-state index contributed by atoms with van der Waals surface area (Å²) < 4.78 is 9.73. The third-order valence-electron chi connectivity index (χ3n) is 1.81. The summed E-state index contributed by atoms with van der Waals surface area (Å²) in [6.07, 6.45) is 2.97. The lowest BCUT2D eigenvalue weighted by Crippen LogP contribution is -2.04. The van der Waals surface area contributed by atoms with Crippen LogP contribution in [0.3, 0.4) is 0 Å². The van der Waals surface area contributed by atoms with Crippen LogP contribution in [0.4, 0.5) is 5.82 Å². The van der Waals surface area contributed by atoms with Gasteiger partial charge in [0.25, 0.3) is 0 Å². The molecule has 2 aromatic rings. The zero-order valence-electron chi connectivity index (χ0n) is 8.17. The molecule has 0 radical (unpaired) electrons. The summed E-state index contributed by atoms with van der Waals surface area (Å²) in [6, 6.07) is 3.63. The van der Waals surface area contributed by atoms with Gasteiger partial charge in [-0.3, -0.25) is 0 Å². The number of nitrogens with zero attached hydrogens (tertiary/aromatic N) is 3. The summed E-state index contributed by atoms with van der Waals surface area (Å²) in [7, 11) is 1.59. The Morgan fingerprint density at radius 3 is 3.13 bits per heavy atom. The number of hydrogen-bond donors (Lipinski definition) is 1. The first-order valence-corrected chi connectivity index (χ1v) is 4.38. The third kappa shape index (κ3) is 2.22. The molecule has 0 unspecified atom stereocenters. The fourth-order valence-electron chi connectivity index (χ4n) is 1.12. The second-order valence-electron chi connectivity index (χ2n) is 2.76. The molecule has 0 saturated carbocycles. The van der Waals surface area contributed by atoms with Crippen LogP contribution >= 0.6 is 0 Å². The number of pyridine rings is 1. The van der Waals surface area contributed by atoms with Crippen molar-refractivity contribution in [3.63, 3.8) is 0 Å². The molecule has 2 rings (SSSR count). The first kappa shape index (κ1) is 9.45. The quantitative estimate of drug-likeness (QED) is 0.807. The van der Waals surface area contributed by atoms with Gasteiger partial charge in [0.15, 0.2) is 17.4 Å². The minimum absolute atomic E-state index is 0.448. The van der Waals surface area contributed by atoms with Crippen molar-refractivity contribution in [2.75, 3.05) is 12.4 Å². The van der Waals surface area contributed by atoms with E-state index in [1.54, 1.807) is 19.4 Å². The molecule has 0 aliphatic carbocycles. The number of aromatic nitrogens is 3. The Labute approximate surface area is 86.3 Å². The number of rotatable bonds is 4. The summed E-state index contributed by atoms with van der Waals surface area (Å²) in [4.78, 5) is 8.00. The van der Waals surface area contributed by atoms with E-state index in [9.17, 15) is 0 Å². The van der Waals surface area contributed by atoms with Crippen LogP contribution < -0.4 is 10.1 Å². The smallest absolute Gasteiger partial charge is 0.213 e. The van der Waals surface area contributed by atoms with Crippen molar-refractivity contribution in [3.05, 3.63) is 30.5 Å². The van der Waals surface area contributed by atoms with Crippen molar-refractivity contribution >= 4 is 5.82 Å². The second-order valence-corrected chi connectivity index (χ2v) is 2.76. The Hall–Kier alpha value is -2.11. The molecule has 2 heterocycles. The van der Waals surface area contributed by atoms with Crippen LogP contribution in [0.5, 0.6) is 5.75 Å². The lowest BCUT2D eigenvalue weighted by molar-refractivity contribution is 0.409. The average molecular weight is 206 g/mol. The SMILES string of the molecule is COc1cccnc1NCc1ncon1. The summed E-state index contributed by atoms with van der Waals surface area (Å²) in [6.45, 7) is 0.448. The van der Waals surface area contributed by atoms with Crippen molar-refractivity contribution < 1.29 is 9.26 Å². The highest BCUT2D eigenvalue weighted by atomic mass is 16.5. The number of nitrogens with one attached hydrogen (secondary N) is 1. The normalized spacial score (nSPS) is 9.93. The van der Waals surface area contributed by atoms with Crippen LogP contribution in [-0.4, -0.2) is 22.2 Å². The summed E-state index contributed by atoms with van der Waals surface area (Å²) >= 11 is 0. The van der Waals surface area contributed by atoms with Gasteiger partial charge in [-0.2, -0.15) is 4.98 Å².